The molecule has 4 N–H and O–H groups in total. The van der Waals surface area contributed by atoms with E-state index < -0.39 is 0 Å². The van der Waals surface area contributed by atoms with E-state index in [-0.39, 0.29) is 5.95 Å². The Morgan fingerprint density at radius 1 is 1.00 bits per heavy atom. The molecule has 0 aliphatic heterocycles. The first-order chi connectivity index (χ1) is 11.1. The lowest BCUT2D eigenvalue weighted by atomic mass is 10.1. The van der Waals surface area contributed by atoms with Crippen molar-refractivity contribution in [2.75, 3.05) is 11.5 Å². The average Bonchev–Trinajstić information content (AvgIpc) is 2.92. The Balaban J connectivity index is 1.90. The molecule has 0 aliphatic rings. The van der Waals surface area contributed by atoms with Gasteiger partial charge in [0.15, 0.2) is 0 Å². The second-order valence-electron chi connectivity index (χ2n) is 5.73. The minimum Gasteiger partial charge on any atom is -0.383 e. The molecule has 0 radical (unpaired) electrons. The van der Waals surface area contributed by atoms with Gasteiger partial charge in [-0.15, -0.1) is 0 Å². The van der Waals surface area contributed by atoms with Gasteiger partial charge in [-0.3, -0.25) is 0 Å². The maximum absolute atomic E-state index is 6.07. The number of hydrogen-bond donors (Lipinski definition) is 2. The maximum Gasteiger partial charge on any atom is 0.222 e. The number of nitrogen functional groups attached to an aromatic ring is 2. The molecule has 0 saturated heterocycles. The molecular weight excluding hydrogens is 286 g/mol. The average molecular weight is 303 g/mol. The van der Waals surface area contributed by atoms with Crippen LogP contribution in [0.5, 0.6) is 0 Å². The van der Waals surface area contributed by atoms with Crippen LogP contribution in [0.2, 0.25) is 0 Å². The number of anilines is 2. The third-order valence-corrected chi connectivity index (χ3v) is 4.26. The molecule has 5 heteroatoms. The molecule has 0 spiro atoms. The van der Waals surface area contributed by atoms with E-state index in [4.69, 9.17) is 11.5 Å². The summed E-state index contributed by atoms with van der Waals surface area (Å²) in [5.74, 6) is 0.625. The van der Waals surface area contributed by atoms with Gasteiger partial charge in [0.05, 0.1) is 10.9 Å². The minimum atomic E-state index is 0.202. The molecular formula is C18H17N5. The lowest BCUT2D eigenvalue weighted by molar-refractivity contribution is 0.830. The third-order valence-electron chi connectivity index (χ3n) is 4.26. The summed E-state index contributed by atoms with van der Waals surface area (Å²) in [7, 11) is 0. The normalized spacial score (nSPS) is 11.3. The second-order valence-corrected chi connectivity index (χ2v) is 5.73. The fourth-order valence-corrected chi connectivity index (χ4v) is 3.06. The summed E-state index contributed by atoms with van der Waals surface area (Å²) in [6.07, 6.45) is 2.08. The van der Waals surface area contributed by atoms with Crippen LogP contribution in [-0.4, -0.2) is 14.5 Å². The van der Waals surface area contributed by atoms with Crippen LogP contribution in [0.4, 0.5) is 11.8 Å². The van der Waals surface area contributed by atoms with Crippen LogP contribution in [0.1, 0.15) is 11.1 Å². The van der Waals surface area contributed by atoms with Crippen LogP contribution in [0, 0.1) is 6.92 Å². The topological polar surface area (TPSA) is 82.8 Å². The Kier molecular flexibility index (Phi) is 2.94. The van der Waals surface area contributed by atoms with E-state index in [1.54, 1.807) is 0 Å². The van der Waals surface area contributed by atoms with E-state index >= 15 is 0 Å². The minimum absolute atomic E-state index is 0.202. The van der Waals surface area contributed by atoms with Crippen molar-refractivity contribution in [2.45, 2.75) is 13.5 Å². The van der Waals surface area contributed by atoms with Crippen LogP contribution < -0.4 is 11.5 Å². The van der Waals surface area contributed by atoms with Gasteiger partial charge in [0.1, 0.15) is 5.82 Å². The SMILES string of the molecule is Cc1ccccc1Cn1ccc2c3c(N)nc(N)nc3ccc21. The standard InChI is InChI=1S/C18H17N5/c1-11-4-2-3-5-12(11)10-23-9-8-13-15(23)7-6-14-16(13)17(19)22-18(20)21-14/h2-9H,10H2,1H3,(H4,19,20,21,22). The Morgan fingerprint density at radius 3 is 2.65 bits per heavy atom. The summed E-state index contributed by atoms with van der Waals surface area (Å²) in [6, 6.07) is 14.5. The first-order valence-corrected chi connectivity index (χ1v) is 7.48. The van der Waals surface area contributed by atoms with Crippen molar-refractivity contribution >= 4 is 33.6 Å². The van der Waals surface area contributed by atoms with Gasteiger partial charge in [-0.2, -0.15) is 4.98 Å². The third kappa shape index (κ3) is 2.17. The molecule has 2 heterocycles. The van der Waals surface area contributed by atoms with Crippen molar-refractivity contribution in [2.24, 2.45) is 0 Å². The lowest BCUT2D eigenvalue weighted by Crippen LogP contribution is -2.02. The zero-order valence-electron chi connectivity index (χ0n) is 12.8. The molecule has 0 fully saturated rings. The smallest absolute Gasteiger partial charge is 0.222 e. The van der Waals surface area contributed by atoms with Crippen molar-refractivity contribution < 1.29 is 0 Å². The van der Waals surface area contributed by atoms with E-state index in [0.29, 0.717) is 5.82 Å². The number of nitrogens with zero attached hydrogens (tertiary/aromatic N) is 3. The van der Waals surface area contributed by atoms with Crippen molar-refractivity contribution in [1.82, 2.24) is 14.5 Å². The van der Waals surface area contributed by atoms with E-state index in [1.807, 2.05) is 6.07 Å². The molecule has 0 amide bonds. The quantitative estimate of drug-likeness (QED) is 0.596. The van der Waals surface area contributed by atoms with Crippen molar-refractivity contribution in [3.8, 4) is 0 Å². The monoisotopic (exact) mass is 303 g/mol. The van der Waals surface area contributed by atoms with Crippen LogP contribution in [0.25, 0.3) is 21.8 Å². The summed E-state index contributed by atoms with van der Waals surface area (Å²) in [4.78, 5) is 8.37. The molecule has 0 atom stereocenters. The summed E-state index contributed by atoms with van der Waals surface area (Å²) in [6.45, 7) is 2.95. The van der Waals surface area contributed by atoms with E-state index in [1.165, 1.54) is 11.1 Å². The van der Waals surface area contributed by atoms with Gasteiger partial charge in [-0.1, -0.05) is 24.3 Å². The molecule has 23 heavy (non-hydrogen) atoms. The highest BCUT2D eigenvalue weighted by Crippen LogP contribution is 2.29. The predicted molar refractivity (Wildman–Crippen MR) is 94.1 cm³/mol. The molecule has 2 aromatic carbocycles. The van der Waals surface area contributed by atoms with Gasteiger partial charge in [-0.05, 0) is 36.2 Å². The fourth-order valence-electron chi connectivity index (χ4n) is 3.06. The molecule has 4 rings (SSSR count). The number of nitrogens with two attached hydrogens (primary N) is 2. The summed E-state index contributed by atoms with van der Waals surface area (Å²) < 4.78 is 2.22. The summed E-state index contributed by atoms with van der Waals surface area (Å²) in [5, 5.41) is 1.91. The zero-order valence-corrected chi connectivity index (χ0v) is 12.8. The van der Waals surface area contributed by atoms with Gasteiger partial charge in [-0.25, -0.2) is 4.98 Å². The molecule has 4 aromatic rings. The molecule has 0 saturated carbocycles. The molecule has 2 aromatic heterocycles. The number of aromatic nitrogens is 3. The highest BCUT2D eigenvalue weighted by atomic mass is 15.0. The predicted octanol–water partition coefficient (Wildman–Crippen LogP) is 3.11. The molecule has 0 aliphatic carbocycles. The number of rotatable bonds is 2. The molecule has 114 valence electrons. The summed E-state index contributed by atoms with van der Waals surface area (Å²) >= 11 is 0. The van der Waals surface area contributed by atoms with Gasteiger partial charge in [0, 0.05) is 23.6 Å². The lowest BCUT2D eigenvalue weighted by Gasteiger charge is -2.09. The molecule has 0 bridgehead atoms. The Labute approximate surface area is 133 Å². The Bertz CT molecular complexity index is 1030. The number of benzene rings is 2. The first kappa shape index (κ1) is 13.6. The van der Waals surface area contributed by atoms with Gasteiger partial charge in [0.25, 0.3) is 0 Å². The maximum atomic E-state index is 6.07. The highest BCUT2D eigenvalue weighted by Gasteiger charge is 2.11. The zero-order chi connectivity index (χ0) is 16.0. The second kappa shape index (κ2) is 4.98. The van der Waals surface area contributed by atoms with Gasteiger partial charge in [0.2, 0.25) is 5.95 Å². The molecule has 0 unspecified atom stereocenters. The number of hydrogen-bond acceptors (Lipinski definition) is 4. The summed E-state index contributed by atoms with van der Waals surface area (Å²) in [5.41, 5.74) is 16.2. The Morgan fingerprint density at radius 2 is 1.83 bits per heavy atom. The Hall–Kier alpha value is -3.08. The highest BCUT2D eigenvalue weighted by molar-refractivity contribution is 6.10. The van der Waals surface area contributed by atoms with E-state index in [2.05, 4.69) is 64.1 Å². The van der Waals surface area contributed by atoms with Gasteiger partial charge >= 0.3 is 0 Å². The van der Waals surface area contributed by atoms with Crippen LogP contribution >= 0.6 is 0 Å². The fraction of sp³-hybridized carbons (Fsp3) is 0.111. The molecule has 5 nitrogen and oxygen atoms in total. The largest absolute Gasteiger partial charge is 0.383 e. The van der Waals surface area contributed by atoms with Crippen LogP contribution in [-0.2, 0) is 6.54 Å². The number of fused-ring (bicyclic) bond motifs is 3. The first-order valence-electron chi connectivity index (χ1n) is 7.48. The van der Waals surface area contributed by atoms with E-state index in [9.17, 15) is 0 Å². The van der Waals surface area contributed by atoms with Gasteiger partial charge < -0.3 is 16.0 Å². The van der Waals surface area contributed by atoms with Crippen molar-refractivity contribution in [3.05, 3.63) is 59.8 Å². The van der Waals surface area contributed by atoms with E-state index in [0.717, 1.165) is 28.4 Å². The van der Waals surface area contributed by atoms with Crippen molar-refractivity contribution in [1.29, 1.82) is 0 Å². The van der Waals surface area contributed by atoms with Crippen molar-refractivity contribution in [3.63, 3.8) is 0 Å². The van der Waals surface area contributed by atoms with Crippen LogP contribution in [0.15, 0.2) is 48.7 Å². The van der Waals surface area contributed by atoms with Crippen LogP contribution in [0.3, 0.4) is 0 Å². The number of aryl methyl sites for hydroxylation is 1.